The van der Waals surface area contributed by atoms with E-state index >= 15 is 0 Å². The number of allylic oxidation sites excluding steroid dienone is 1. The second kappa shape index (κ2) is 7.35. The first-order valence-electron chi connectivity index (χ1n) is 13.8. The van der Waals surface area contributed by atoms with Gasteiger partial charge in [0.15, 0.2) is 0 Å². The van der Waals surface area contributed by atoms with Gasteiger partial charge in [-0.3, -0.25) is 0 Å². The van der Waals surface area contributed by atoms with E-state index in [1.807, 2.05) is 7.11 Å². The second-order valence-corrected chi connectivity index (χ2v) is 13.8. The van der Waals surface area contributed by atoms with Crippen molar-refractivity contribution in [3.63, 3.8) is 0 Å². The smallest absolute Gasteiger partial charge is 0.0638 e. The Bertz CT molecular complexity index is 724. The highest BCUT2D eigenvalue weighted by Gasteiger charge is 2.77. The molecule has 5 saturated carbocycles. The van der Waals surface area contributed by atoms with E-state index in [0.29, 0.717) is 28.3 Å². The molecule has 5 fully saturated rings. The average molecular weight is 427 g/mol. The summed E-state index contributed by atoms with van der Waals surface area (Å²) in [6.45, 7) is 19.7. The van der Waals surface area contributed by atoms with Gasteiger partial charge in [-0.25, -0.2) is 0 Å². The molecule has 0 aromatic carbocycles. The Balaban J connectivity index is 1.37. The van der Waals surface area contributed by atoms with Crippen LogP contribution in [-0.4, -0.2) is 13.2 Å². The predicted molar refractivity (Wildman–Crippen MR) is 131 cm³/mol. The summed E-state index contributed by atoms with van der Waals surface area (Å²) in [5.41, 5.74) is 3.17. The lowest BCUT2D eigenvalue weighted by molar-refractivity contribution is -0.160. The van der Waals surface area contributed by atoms with E-state index in [2.05, 4.69) is 48.1 Å². The Morgan fingerprint density at radius 1 is 1.00 bits per heavy atom. The quantitative estimate of drug-likeness (QED) is 0.389. The average Bonchev–Trinajstić information content (AvgIpc) is 3.24. The minimum Gasteiger partial charge on any atom is -0.381 e. The molecular formula is C30H50O. The Labute approximate surface area is 193 Å². The number of hydrogen-bond acceptors (Lipinski definition) is 1. The van der Waals surface area contributed by atoms with Crippen LogP contribution >= 0.6 is 0 Å². The van der Waals surface area contributed by atoms with Crippen LogP contribution in [0.1, 0.15) is 99.3 Å². The molecule has 176 valence electrons. The highest BCUT2D eigenvalue weighted by Crippen LogP contribution is 2.82. The van der Waals surface area contributed by atoms with Crippen LogP contribution in [0.25, 0.3) is 0 Å². The molecule has 0 radical (unpaired) electrons. The molecule has 1 unspecified atom stereocenters. The maximum Gasteiger partial charge on any atom is 0.0638 e. The van der Waals surface area contributed by atoms with Gasteiger partial charge in [-0.1, -0.05) is 53.7 Å². The number of hydrogen-bond donors (Lipinski definition) is 0. The van der Waals surface area contributed by atoms with Gasteiger partial charge >= 0.3 is 0 Å². The van der Waals surface area contributed by atoms with Crippen molar-refractivity contribution in [2.24, 2.45) is 63.6 Å². The molecular weight excluding hydrogens is 376 g/mol. The maximum absolute atomic E-state index is 6.31. The Morgan fingerprint density at radius 3 is 2.39 bits per heavy atom. The molecule has 0 saturated heterocycles. The zero-order chi connectivity index (χ0) is 22.3. The fourth-order valence-electron chi connectivity index (χ4n) is 10.6. The van der Waals surface area contributed by atoms with Gasteiger partial charge in [-0.15, -0.1) is 0 Å². The molecule has 0 aliphatic heterocycles. The van der Waals surface area contributed by atoms with Gasteiger partial charge in [-0.2, -0.15) is 0 Å². The molecule has 11 atom stereocenters. The fourth-order valence-corrected chi connectivity index (χ4v) is 10.6. The molecule has 31 heavy (non-hydrogen) atoms. The van der Waals surface area contributed by atoms with Gasteiger partial charge < -0.3 is 4.74 Å². The molecule has 1 nitrogen and oxygen atoms in total. The van der Waals surface area contributed by atoms with E-state index < -0.39 is 0 Å². The SMILES string of the molecule is C=C(CC(C)C(C)C)[C@@H](C)[C@H]1CC[C@H]2[C@@H]3C[C@@H](OC)[C@]45C[C@H]4CC[C@]5(C)[C@H]3CC[C@]12C. The van der Waals surface area contributed by atoms with Crippen molar-refractivity contribution in [3.05, 3.63) is 12.2 Å². The zero-order valence-electron chi connectivity index (χ0n) is 21.7. The molecule has 1 heteroatoms. The standard InChI is InChI=1S/C30H50O/c1-18(2)19(3)15-20(4)21(5)24-9-10-25-23-16-27(31-8)30-17-22(30)11-14-29(30,7)26(23)12-13-28(24,25)6/h18-19,21-27H,4,9-17H2,1-3,5-8H3/t19?,21-,22-,23+,24-,25+,26+,27-,28-,29-,30+/m1/s1. The zero-order valence-corrected chi connectivity index (χ0v) is 21.7. The van der Waals surface area contributed by atoms with Crippen LogP contribution in [-0.2, 0) is 4.74 Å². The van der Waals surface area contributed by atoms with Crippen LogP contribution in [0.3, 0.4) is 0 Å². The topological polar surface area (TPSA) is 9.23 Å². The van der Waals surface area contributed by atoms with E-state index in [-0.39, 0.29) is 0 Å². The summed E-state index contributed by atoms with van der Waals surface area (Å²) in [4.78, 5) is 0. The van der Waals surface area contributed by atoms with Crippen molar-refractivity contribution in [1.82, 2.24) is 0 Å². The Kier molecular flexibility index (Phi) is 5.33. The lowest BCUT2D eigenvalue weighted by Gasteiger charge is -2.61. The number of fused-ring (bicyclic) bond motifs is 4. The van der Waals surface area contributed by atoms with Gasteiger partial charge in [0, 0.05) is 12.5 Å². The molecule has 0 heterocycles. The lowest BCUT2D eigenvalue weighted by atomic mass is 9.45. The van der Waals surface area contributed by atoms with Gasteiger partial charge in [0.05, 0.1) is 6.10 Å². The first-order chi connectivity index (χ1) is 14.6. The van der Waals surface area contributed by atoms with Gasteiger partial charge in [0.25, 0.3) is 0 Å². The number of methoxy groups -OCH3 is 1. The van der Waals surface area contributed by atoms with Gasteiger partial charge in [-0.05, 0) is 116 Å². The Morgan fingerprint density at radius 2 is 1.74 bits per heavy atom. The maximum atomic E-state index is 6.31. The molecule has 5 aliphatic carbocycles. The van der Waals surface area contributed by atoms with Crippen LogP contribution in [0, 0.1) is 63.6 Å². The van der Waals surface area contributed by atoms with Gasteiger partial charge in [0.2, 0.25) is 0 Å². The molecule has 5 aliphatic rings. The van der Waals surface area contributed by atoms with Crippen molar-refractivity contribution in [2.75, 3.05) is 7.11 Å². The monoisotopic (exact) mass is 426 g/mol. The van der Waals surface area contributed by atoms with E-state index in [1.165, 1.54) is 63.4 Å². The van der Waals surface area contributed by atoms with Gasteiger partial charge in [0.1, 0.15) is 0 Å². The molecule has 0 aromatic heterocycles. The third kappa shape index (κ3) is 2.90. The van der Waals surface area contributed by atoms with Crippen LogP contribution in [0.4, 0.5) is 0 Å². The van der Waals surface area contributed by atoms with Crippen molar-refractivity contribution in [2.45, 2.75) is 105 Å². The first-order valence-corrected chi connectivity index (χ1v) is 13.8. The van der Waals surface area contributed by atoms with Crippen molar-refractivity contribution >= 4 is 0 Å². The van der Waals surface area contributed by atoms with Crippen LogP contribution in [0.15, 0.2) is 12.2 Å². The number of ether oxygens (including phenoxy) is 1. The van der Waals surface area contributed by atoms with Crippen LogP contribution in [0.2, 0.25) is 0 Å². The summed E-state index contributed by atoms with van der Waals surface area (Å²) in [6, 6.07) is 0. The molecule has 0 bridgehead atoms. The number of rotatable bonds is 6. The van der Waals surface area contributed by atoms with E-state index in [1.54, 1.807) is 0 Å². The van der Waals surface area contributed by atoms with Crippen LogP contribution < -0.4 is 0 Å². The first kappa shape index (κ1) is 22.5. The van der Waals surface area contributed by atoms with E-state index in [0.717, 1.165) is 41.4 Å². The predicted octanol–water partition coefficient (Wildman–Crippen LogP) is 8.14. The lowest BCUT2D eigenvalue weighted by Crippen LogP contribution is -2.57. The molecule has 1 spiro atoms. The molecule has 0 amide bonds. The van der Waals surface area contributed by atoms with Crippen molar-refractivity contribution < 1.29 is 4.74 Å². The Hall–Kier alpha value is -0.300. The molecule has 5 rings (SSSR count). The summed E-state index contributed by atoms with van der Waals surface area (Å²) in [5.74, 6) is 6.79. The third-order valence-electron chi connectivity index (χ3n) is 12.9. The van der Waals surface area contributed by atoms with Crippen molar-refractivity contribution in [3.8, 4) is 0 Å². The minimum absolute atomic E-state index is 0.519. The van der Waals surface area contributed by atoms with E-state index in [4.69, 9.17) is 4.74 Å². The fraction of sp³-hybridized carbons (Fsp3) is 0.933. The summed E-state index contributed by atoms with van der Waals surface area (Å²) >= 11 is 0. The largest absolute Gasteiger partial charge is 0.381 e. The molecule has 0 N–H and O–H groups in total. The summed E-state index contributed by atoms with van der Waals surface area (Å²) in [5, 5.41) is 0. The highest BCUT2D eigenvalue weighted by molar-refractivity contribution is 5.26. The summed E-state index contributed by atoms with van der Waals surface area (Å²) < 4.78 is 6.31. The minimum atomic E-state index is 0.519. The second-order valence-electron chi connectivity index (χ2n) is 13.8. The third-order valence-corrected chi connectivity index (χ3v) is 12.9. The highest BCUT2D eigenvalue weighted by atomic mass is 16.5. The molecule has 0 aromatic rings. The summed E-state index contributed by atoms with van der Waals surface area (Å²) in [7, 11) is 2.02. The normalized spacial score (nSPS) is 52.1. The summed E-state index contributed by atoms with van der Waals surface area (Å²) in [6.07, 6.45) is 13.4. The van der Waals surface area contributed by atoms with Crippen LogP contribution in [0.5, 0.6) is 0 Å². The van der Waals surface area contributed by atoms with Crippen molar-refractivity contribution in [1.29, 1.82) is 0 Å². The van der Waals surface area contributed by atoms with E-state index in [9.17, 15) is 0 Å².